The quantitative estimate of drug-likeness (QED) is 0.806. The highest BCUT2D eigenvalue weighted by atomic mass is 16.5. The molecule has 2 rings (SSSR count). The van der Waals surface area contributed by atoms with E-state index in [0.29, 0.717) is 11.3 Å². The number of carboxylic acid groups (broad SMARTS) is 1. The summed E-state index contributed by atoms with van der Waals surface area (Å²) in [4.78, 5) is 10.9. The number of hydrogen-bond donors (Lipinski definition) is 2. The first-order valence-corrected chi connectivity index (χ1v) is 7.76. The van der Waals surface area contributed by atoms with Gasteiger partial charge in [-0.3, -0.25) is 4.79 Å². The molecule has 0 unspecified atom stereocenters. The summed E-state index contributed by atoms with van der Waals surface area (Å²) in [6, 6.07) is 3.32. The number of phenolic OH excluding ortho intramolecular Hbond substituents is 1. The molecule has 2 N–H and O–H groups in total. The van der Waals surface area contributed by atoms with E-state index in [1.54, 1.807) is 12.1 Å². The van der Waals surface area contributed by atoms with Crippen LogP contribution in [0.3, 0.4) is 0 Å². The highest BCUT2D eigenvalue weighted by molar-refractivity contribution is 5.71. The molecule has 4 nitrogen and oxygen atoms in total. The molecule has 0 bridgehead atoms. The van der Waals surface area contributed by atoms with Crippen molar-refractivity contribution in [1.82, 2.24) is 0 Å². The Morgan fingerprint density at radius 3 is 2.73 bits per heavy atom. The number of benzene rings is 1. The van der Waals surface area contributed by atoms with Gasteiger partial charge in [0, 0.05) is 5.56 Å². The Balaban J connectivity index is 2.42. The van der Waals surface area contributed by atoms with Crippen LogP contribution in [0.4, 0.5) is 0 Å². The van der Waals surface area contributed by atoms with Crippen LogP contribution in [0.25, 0.3) is 0 Å². The van der Waals surface area contributed by atoms with E-state index >= 15 is 0 Å². The SMILES string of the molecule is CC1=CCC[C@H](c2c(O)cc(CC(=O)O)cc2OC(C)C)C1. The maximum absolute atomic E-state index is 10.9. The molecule has 0 saturated carbocycles. The predicted octanol–water partition coefficient (Wildman–Crippen LogP) is 4.02. The summed E-state index contributed by atoms with van der Waals surface area (Å²) >= 11 is 0. The van der Waals surface area contributed by atoms with E-state index in [1.807, 2.05) is 13.8 Å². The molecule has 1 aromatic rings. The maximum Gasteiger partial charge on any atom is 0.307 e. The van der Waals surface area contributed by atoms with Gasteiger partial charge in [0.2, 0.25) is 0 Å². The lowest BCUT2D eigenvalue weighted by Crippen LogP contribution is -2.12. The number of allylic oxidation sites excluding steroid dienone is 2. The number of ether oxygens (including phenoxy) is 1. The van der Waals surface area contributed by atoms with Crippen molar-refractivity contribution < 1.29 is 19.7 Å². The largest absolute Gasteiger partial charge is 0.508 e. The molecule has 0 radical (unpaired) electrons. The van der Waals surface area contributed by atoms with Crippen molar-refractivity contribution in [2.45, 2.75) is 58.5 Å². The second-order valence-corrected chi connectivity index (χ2v) is 6.29. The fourth-order valence-corrected chi connectivity index (χ4v) is 3.06. The fourth-order valence-electron chi connectivity index (χ4n) is 3.06. The maximum atomic E-state index is 10.9. The van der Waals surface area contributed by atoms with Crippen molar-refractivity contribution in [3.05, 3.63) is 34.9 Å². The van der Waals surface area contributed by atoms with Crippen LogP contribution in [0.2, 0.25) is 0 Å². The van der Waals surface area contributed by atoms with Crippen molar-refractivity contribution in [3.8, 4) is 11.5 Å². The average molecular weight is 304 g/mol. The molecule has 120 valence electrons. The van der Waals surface area contributed by atoms with Crippen molar-refractivity contribution in [2.24, 2.45) is 0 Å². The van der Waals surface area contributed by atoms with E-state index in [4.69, 9.17) is 9.84 Å². The molecule has 4 heteroatoms. The van der Waals surface area contributed by atoms with Crippen LogP contribution in [0, 0.1) is 0 Å². The van der Waals surface area contributed by atoms with Gasteiger partial charge in [0.15, 0.2) is 0 Å². The van der Waals surface area contributed by atoms with Crippen LogP contribution in [0.1, 0.15) is 57.1 Å². The molecule has 1 atom stereocenters. The van der Waals surface area contributed by atoms with E-state index in [9.17, 15) is 9.90 Å². The van der Waals surface area contributed by atoms with Gasteiger partial charge in [-0.1, -0.05) is 11.6 Å². The molecule has 1 aromatic carbocycles. The van der Waals surface area contributed by atoms with Gasteiger partial charge in [-0.25, -0.2) is 0 Å². The third kappa shape index (κ3) is 4.03. The van der Waals surface area contributed by atoms with Gasteiger partial charge in [0.05, 0.1) is 12.5 Å². The molecule has 0 fully saturated rings. The van der Waals surface area contributed by atoms with E-state index < -0.39 is 5.97 Å². The summed E-state index contributed by atoms with van der Waals surface area (Å²) in [5.74, 6) is 0.0665. The standard InChI is InChI=1S/C18H24O4/c1-11(2)22-16-9-13(10-17(20)21)8-15(19)18(16)14-6-4-5-12(3)7-14/h5,8-9,11,14,19H,4,6-7,10H2,1-3H3,(H,20,21)/t14-/m0/s1. The van der Waals surface area contributed by atoms with Gasteiger partial charge in [-0.2, -0.15) is 0 Å². The van der Waals surface area contributed by atoms with Crippen molar-refractivity contribution in [2.75, 3.05) is 0 Å². The Hall–Kier alpha value is -1.97. The summed E-state index contributed by atoms with van der Waals surface area (Å²) in [5, 5.41) is 19.4. The Labute approximate surface area is 131 Å². The van der Waals surface area contributed by atoms with Crippen LogP contribution in [0.15, 0.2) is 23.8 Å². The molecule has 0 spiro atoms. The molecule has 0 amide bonds. The molecule has 1 aliphatic rings. The Morgan fingerprint density at radius 1 is 1.41 bits per heavy atom. The molecule has 0 saturated heterocycles. The molecule has 0 aromatic heterocycles. The van der Waals surface area contributed by atoms with Gasteiger partial charge in [-0.15, -0.1) is 0 Å². The zero-order valence-corrected chi connectivity index (χ0v) is 13.4. The lowest BCUT2D eigenvalue weighted by atomic mass is 9.83. The molecular formula is C18H24O4. The zero-order valence-electron chi connectivity index (χ0n) is 13.4. The smallest absolute Gasteiger partial charge is 0.307 e. The van der Waals surface area contributed by atoms with E-state index in [-0.39, 0.29) is 24.2 Å². The number of phenols is 1. The van der Waals surface area contributed by atoms with E-state index in [1.165, 1.54) is 5.57 Å². The second kappa shape index (κ2) is 6.86. The van der Waals surface area contributed by atoms with Gasteiger partial charge in [0.25, 0.3) is 0 Å². The van der Waals surface area contributed by atoms with Crippen molar-refractivity contribution >= 4 is 5.97 Å². The Morgan fingerprint density at radius 2 is 2.14 bits per heavy atom. The summed E-state index contributed by atoms with van der Waals surface area (Å²) in [5.41, 5.74) is 2.70. The van der Waals surface area contributed by atoms with Gasteiger partial charge in [0.1, 0.15) is 11.5 Å². The zero-order chi connectivity index (χ0) is 16.3. The van der Waals surface area contributed by atoms with Crippen molar-refractivity contribution in [1.29, 1.82) is 0 Å². The number of carbonyl (C=O) groups is 1. The molecular weight excluding hydrogens is 280 g/mol. The third-order valence-corrected chi connectivity index (χ3v) is 3.88. The fraction of sp³-hybridized carbons (Fsp3) is 0.500. The summed E-state index contributed by atoms with van der Waals surface area (Å²) < 4.78 is 5.86. The first-order valence-electron chi connectivity index (χ1n) is 7.76. The number of aliphatic carboxylic acids is 1. The van der Waals surface area contributed by atoms with Crippen LogP contribution >= 0.6 is 0 Å². The van der Waals surface area contributed by atoms with Crippen molar-refractivity contribution in [3.63, 3.8) is 0 Å². The number of carboxylic acids is 1. The normalized spacial score (nSPS) is 18.2. The Kier molecular flexibility index (Phi) is 5.11. The molecule has 22 heavy (non-hydrogen) atoms. The first kappa shape index (κ1) is 16.4. The lowest BCUT2D eigenvalue weighted by Gasteiger charge is -2.26. The topological polar surface area (TPSA) is 66.8 Å². The number of hydrogen-bond acceptors (Lipinski definition) is 3. The van der Waals surface area contributed by atoms with Gasteiger partial charge >= 0.3 is 5.97 Å². The average Bonchev–Trinajstić information content (AvgIpc) is 2.36. The summed E-state index contributed by atoms with van der Waals surface area (Å²) in [7, 11) is 0. The van der Waals surface area contributed by atoms with E-state index in [2.05, 4.69) is 13.0 Å². The van der Waals surface area contributed by atoms with Crippen LogP contribution in [-0.2, 0) is 11.2 Å². The predicted molar refractivity (Wildman–Crippen MR) is 85.6 cm³/mol. The van der Waals surface area contributed by atoms with Gasteiger partial charge < -0.3 is 14.9 Å². The summed E-state index contributed by atoms with van der Waals surface area (Å²) in [6.45, 7) is 5.96. The first-order chi connectivity index (χ1) is 10.4. The van der Waals surface area contributed by atoms with E-state index in [0.717, 1.165) is 24.8 Å². The molecule has 0 heterocycles. The summed E-state index contributed by atoms with van der Waals surface area (Å²) in [6.07, 6.45) is 4.95. The van der Waals surface area contributed by atoms with Crippen LogP contribution < -0.4 is 4.74 Å². The second-order valence-electron chi connectivity index (χ2n) is 6.29. The highest BCUT2D eigenvalue weighted by Gasteiger charge is 2.24. The Bertz CT molecular complexity index is 587. The monoisotopic (exact) mass is 304 g/mol. The molecule has 1 aliphatic carbocycles. The molecule has 0 aliphatic heterocycles. The number of rotatable bonds is 5. The highest BCUT2D eigenvalue weighted by Crippen LogP contribution is 2.43. The third-order valence-electron chi connectivity index (χ3n) is 3.88. The lowest BCUT2D eigenvalue weighted by molar-refractivity contribution is -0.136. The van der Waals surface area contributed by atoms with Crippen LogP contribution in [0.5, 0.6) is 11.5 Å². The van der Waals surface area contributed by atoms with Crippen LogP contribution in [-0.4, -0.2) is 22.3 Å². The minimum Gasteiger partial charge on any atom is -0.508 e. The minimum absolute atomic E-state index is 0.0292. The number of aromatic hydroxyl groups is 1. The minimum atomic E-state index is -0.918. The van der Waals surface area contributed by atoms with Gasteiger partial charge in [-0.05, 0) is 63.6 Å².